The van der Waals surface area contributed by atoms with E-state index in [1.54, 1.807) is 30.3 Å². The summed E-state index contributed by atoms with van der Waals surface area (Å²) in [5.74, 6) is -0.458. The number of ether oxygens (including phenoxy) is 1. The van der Waals surface area contributed by atoms with E-state index >= 15 is 0 Å². The molecule has 8 heteroatoms. The minimum Gasteiger partial charge on any atom is -0.490 e. The van der Waals surface area contributed by atoms with Gasteiger partial charge in [-0.3, -0.25) is 19.3 Å². The SMILES string of the molecule is CCN(CC)CCOc1ccccc1NC(=O)CCN1C(=O)c2ccc(Br)cc2C1=O. The van der Waals surface area contributed by atoms with E-state index in [0.29, 0.717) is 29.2 Å². The molecule has 1 aliphatic rings. The number of carbonyl (C=O) groups excluding carboxylic acids is 3. The molecule has 1 aliphatic heterocycles. The molecule has 7 nitrogen and oxygen atoms in total. The summed E-state index contributed by atoms with van der Waals surface area (Å²) in [6, 6.07) is 12.2. The topological polar surface area (TPSA) is 79.0 Å². The Morgan fingerprint density at radius 3 is 2.52 bits per heavy atom. The summed E-state index contributed by atoms with van der Waals surface area (Å²) in [4.78, 5) is 40.9. The molecule has 31 heavy (non-hydrogen) atoms. The maximum atomic E-state index is 12.5. The Morgan fingerprint density at radius 2 is 1.77 bits per heavy atom. The third-order valence-electron chi connectivity index (χ3n) is 5.22. The van der Waals surface area contributed by atoms with Crippen LogP contribution < -0.4 is 10.1 Å². The van der Waals surface area contributed by atoms with Gasteiger partial charge in [0.15, 0.2) is 0 Å². The van der Waals surface area contributed by atoms with Crippen LogP contribution in [0.1, 0.15) is 41.0 Å². The highest BCUT2D eigenvalue weighted by Gasteiger charge is 2.35. The lowest BCUT2D eigenvalue weighted by Crippen LogP contribution is -2.33. The van der Waals surface area contributed by atoms with Crippen LogP contribution in [0.5, 0.6) is 5.75 Å². The van der Waals surface area contributed by atoms with Crippen LogP contribution in [0.25, 0.3) is 0 Å². The van der Waals surface area contributed by atoms with Gasteiger partial charge in [0.1, 0.15) is 12.4 Å². The van der Waals surface area contributed by atoms with Crippen molar-refractivity contribution < 1.29 is 19.1 Å². The second kappa shape index (κ2) is 10.5. The number of anilines is 1. The molecule has 0 spiro atoms. The number of imide groups is 1. The number of amides is 3. The maximum absolute atomic E-state index is 12.5. The van der Waals surface area contributed by atoms with E-state index in [-0.39, 0.29) is 30.7 Å². The van der Waals surface area contributed by atoms with Gasteiger partial charge in [0.05, 0.1) is 16.8 Å². The second-order valence-corrected chi connectivity index (χ2v) is 8.04. The van der Waals surface area contributed by atoms with E-state index in [2.05, 4.69) is 40.0 Å². The van der Waals surface area contributed by atoms with Crippen molar-refractivity contribution >= 4 is 39.3 Å². The first-order chi connectivity index (χ1) is 14.9. The lowest BCUT2D eigenvalue weighted by Gasteiger charge is -2.19. The smallest absolute Gasteiger partial charge is 0.261 e. The zero-order chi connectivity index (χ0) is 22.4. The number of rotatable bonds is 10. The van der Waals surface area contributed by atoms with Gasteiger partial charge >= 0.3 is 0 Å². The number of likely N-dealkylation sites (N-methyl/N-ethyl adjacent to an activating group) is 1. The van der Waals surface area contributed by atoms with E-state index in [0.717, 1.165) is 29.0 Å². The van der Waals surface area contributed by atoms with E-state index in [9.17, 15) is 14.4 Å². The quantitative estimate of drug-likeness (QED) is 0.515. The van der Waals surface area contributed by atoms with Crippen LogP contribution in [0.3, 0.4) is 0 Å². The summed E-state index contributed by atoms with van der Waals surface area (Å²) in [5, 5.41) is 2.83. The van der Waals surface area contributed by atoms with E-state index in [4.69, 9.17) is 4.74 Å². The molecule has 0 radical (unpaired) electrons. The van der Waals surface area contributed by atoms with Crippen LogP contribution >= 0.6 is 15.9 Å². The van der Waals surface area contributed by atoms with Crippen molar-refractivity contribution in [2.75, 3.05) is 38.1 Å². The number of para-hydroxylation sites is 2. The average Bonchev–Trinajstić information content (AvgIpc) is 3.00. The number of fused-ring (bicyclic) bond motifs is 1. The number of nitrogens with zero attached hydrogens (tertiary/aromatic N) is 2. The first-order valence-electron chi connectivity index (χ1n) is 10.3. The van der Waals surface area contributed by atoms with Crippen LogP contribution in [0.2, 0.25) is 0 Å². The number of hydrogen-bond donors (Lipinski definition) is 1. The highest BCUT2D eigenvalue weighted by atomic mass is 79.9. The molecule has 3 amide bonds. The Morgan fingerprint density at radius 1 is 1.06 bits per heavy atom. The van der Waals surface area contributed by atoms with Crippen LogP contribution in [0.15, 0.2) is 46.9 Å². The van der Waals surface area contributed by atoms with Gasteiger partial charge < -0.3 is 15.0 Å². The van der Waals surface area contributed by atoms with Crippen LogP contribution in [-0.2, 0) is 4.79 Å². The minimum absolute atomic E-state index is 0.000416. The fourth-order valence-corrected chi connectivity index (χ4v) is 3.77. The standard InChI is InChI=1S/C23H26BrN3O4/c1-3-26(4-2)13-14-31-20-8-6-5-7-19(20)25-21(28)11-12-27-22(29)17-10-9-16(24)15-18(17)23(27)30/h5-10,15H,3-4,11-14H2,1-2H3,(H,25,28). The van der Waals surface area contributed by atoms with Crippen LogP contribution in [0.4, 0.5) is 5.69 Å². The predicted molar refractivity (Wildman–Crippen MR) is 122 cm³/mol. The average molecular weight is 488 g/mol. The number of hydrogen-bond acceptors (Lipinski definition) is 5. The first-order valence-corrected chi connectivity index (χ1v) is 11.1. The maximum Gasteiger partial charge on any atom is 0.261 e. The highest BCUT2D eigenvalue weighted by molar-refractivity contribution is 9.10. The summed E-state index contributed by atoms with van der Waals surface area (Å²) in [7, 11) is 0. The van der Waals surface area contributed by atoms with Gasteiger partial charge in [-0.05, 0) is 43.4 Å². The van der Waals surface area contributed by atoms with Crippen molar-refractivity contribution in [2.45, 2.75) is 20.3 Å². The third-order valence-corrected chi connectivity index (χ3v) is 5.71. The Hall–Kier alpha value is -2.71. The molecule has 0 bridgehead atoms. The van der Waals surface area contributed by atoms with E-state index in [1.807, 2.05) is 12.1 Å². The molecule has 1 N–H and O–H groups in total. The molecule has 0 aromatic heterocycles. The Balaban J connectivity index is 1.56. The Kier molecular flexibility index (Phi) is 7.81. The van der Waals surface area contributed by atoms with Gasteiger partial charge in [-0.2, -0.15) is 0 Å². The molecule has 0 fully saturated rings. The minimum atomic E-state index is -0.380. The van der Waals surface area contributed by atoms with Gasteiger partial charge in [-0.15, -0.1) is 0 Å². The second-order valence-electron chi connectivity index (χ2n) is 7.12. The molecule has 2 aromatic carbocycles. The predicted octanol–water partition coefficient (Wildman–Crippen LogP) is 3.79. The third kappa shape index (κ3) is 5.51. The number of halogens is 1. The molecule has 0 atom stereocenters. The monoisotopic (exact) mass is 487 g/mol. The van der Waals surface area contributed by atoms with Gasteiger partial charge in [0.25, 0.3) is 11.8 Å². The normalized spacial score (nSPS) is 13.0. The first kappa shape index (κ1) is 23.0. The van der Waals surface area contributed by atoms with E-state index in [1.165, 1.54) is 0 Å². The number of benzene rings is 2. The molecule has 0 aliphatic carbocycles. The molecule has 2 aromatic rings. The molecular formula is C23H26BrN3O4. The number of nitrogens with one attached hydrogen (secondary N) is 1. The van der Waals surface area contributed by atoms with E-state index < -0.39 is 0 Å². The zero-order valence-electron chi connectivity index (χ0n) is 17.7. The van der Waals surface area contributed by atoms with Gasteiger partial charge in [0, 0.05) is 24.0 Å². The highest BCUT2D eigenvalue weighted by Crippen LogP contribution is 2.27. The largest absolute Gasteiger partial charge is 0.490 e. The molecule has 3 rings (SSSR count). The fourth-order valence-electron chi connectivity index (χ4n) is 3.41. The van der Waals surface area contributed by atoms with Crippen molar-refractivity contribution in [2.24, 2.45) is 0 Å². The Bertz CT molecular complexity index is 975. The van der Waals surface area contributed by atoms with Gasteiger partial charge in [-0.25, -0.2) is 0 Å². The summed E-state index contributed by atoms with van der Waals surface area (Å²) >= 11 is 3.31. The summed E-state index contributed by atoms with van der Waals surface area (Å²) < 4.78 is 6.58. The molecule has 0 saturated heterocycles. The number of carbonyl (C=O) groups is 3. The van der Waals surface area contributed by atoms with Crippen molar-refractivity contribution in [3.63, 3.8) is 0 Å². The lowest BCUT2D eigenvalue weighted by molar-refractivity contribution is -0.116. The van der Waals surface area contributed by atoms with Crippen LogP contribution in [-0.4, -0.2) is 60.3 Å². The fraction of sp³-hybridized carbons (Fsp3) is 0.348. The molecule has 0 unspecified atom stereocenters. The molecule has 0 saturated carbocycles. The summed E-state index contributed by atoms with van der Waals surface area (Å²) in [6.45, 7) is 7.43. The van der Waals surface area contributed by atoms with Crippen molar-refractivity contribution in [1.29, 1.82) is 0 Å². The van der Waals surface area contributed by atoms with Crippen molar-refractivity contribution in [3.8, 4) is 5.75 Å². The molecule has 164 valence electrons. The lowest BCUT2D eigenvalue weighted by atomic mass is 10.1. The molecular weight excluding hydrogens is 462 g/mol. The van der Waals surface area contributed by atoms with Gasteiger partial charge in [0.2, 0.25) is 5.91 Å². The molecule has 1 heterocycles. The summed E-state index contributed by atoms with van der Waals surface area (Å²) in [5.41, 5.74) is 1.28. The zero-order valence-corrected chi connectivity index (χ0v) is 19.3. The van der Waals surface area contributed by atoms with Crippen molar-refractivity contribution in [1.82, 2.24) is 9.80 Å². The van der Waals surface area contributed by atoms with Crippen LogP contribution in [0, 0.1) is 0 Å². The van der Waals surface area contributed by atoms with Gasteiger partial charge in [-0.1, -0.05) is 41.9 Å². The summed E-state index contributed by atoms with van der Waals surface area (Å²) in [6.07, 6.45) is 0.000416. The Labute approximate surface area is 190 Å². The van der Waals surface area contributed by atoms with Crippen molar-refractivity contribution in [3.05, 3.63) is 58.1 Å².